The van der Waals surface area contributed by atoms with Crippen molar-refractivity contribution in [2.75, 3.05) is 18.0 Å². The van der Waals surface area contributed by atoms with Gasteiger partial charge in [0.2, 0.25) is 6.10 Å². The van der Waals surface area contributed by atoms with Crippen LogP contribution in [0.3, 0.4) is 0 Å². The summed E-state index contributed by atoms with van der Waals surface area (Å²) in [5.41, 5.74) is 11.1. The molecule has 1 aromatic rings. The quantitative estimate of drug-likeness (QED) is 0.163. The highest BCUT2D eigenvalue weighted by Gasteiger charge is 2.54. The predicted octanol–water partition coefficient (Wildman–Crippen LogP) is -0.993. The molecule has 0 spiro atoms. The number of nitrogens with two attached hydrogens (primary N) is 2. The van der Waals surface area contributed by atoms with Crippen molar-refractivity contribution in [3.05, 3.63) is 22.3 Å². The fourth-order valence-electron chi connectivity index (χ4n) is 3.06. The van der Waals surface area contributed by atoms with Crippen LogP contribution in [0, 0.1) is 0 Å². The molecule has 15 heteroatoms. The van der Waals surface area contributed by atoms with Crippen LogP contribution in [0.2, 0.25) is 0 Å². The molecule has 2 aliphatic rings. The van der Waals surface area contributed by atoms with Gasteiger partial charge in [-0.1, -0.05) is 12.1 Å². The third-order valence-corrected chi connectivity index (χ3v) is 6.69. The van der Waals surface area contributed by atoms with Gasteiger partial charge in [-0.2, -0.15) is 0 Å². The topological polar surface area (TPSA) is 211 Å². The predicted molar refractivity (Wildman–Crippen MR) is 115 cm³/mol. The van der Waals surface area contributed by atoms with Gasteiger partial charge in [0.05, 0.1) is 0 Å². The molecule has 0 radical (unpaired) electrons. The Morgan fingerprint density at radius 2 is 2.16 bits per heavy atom. The van der Waals surface area contributed by atoms with Crippen LogP contribution in [0.25, 0.3) is 0 Å². The highest BCUT2D eigenvalue weighted by Crippen LogP contribution is 2.40. The number of aromatic nitrogens is 1. The number of rotatable bonds is 9. The lowest BCUT2D eigenvalue weighted by molar-refractivity contribution is -0.151. The van der Waals surface area contributed by atoms with Crippen molar-refractivity contribution < 1.29 is 34.2 Å². The van der Waals surface area contributed by atoms with Crippen LogP contribution in [0.15, 0.2) is 21.8 Å². The van der Waals surface area contributed by atoms with E-state index in [1.54, 1.807) is 6.92 Å². The maximum absolute atomic E-state index is 12.9. The number of nitrogen functional groups attached to an aromatic ring is 1. The van der Waals surface area contributed by atoms with E-state index in [0.29, 0.717) is 11.3 Å². The molecule has 2 unspecified atom stereocenters. The van der Waals surface area contributed by atoms with Gasteiger partial charge in [0.25, 0.3) is 11.8 Å². The first-order valence-electron chi connectivity index (χ1n) is 9.28. The Bertz CT molecular complexity index is 1020. The zero-order valence-electron chi connectivity index (χ0n) is 16.7. The molecule has 0 bridgehead atoms. The number of hydrogen-bond donors (Lipinski definition) is 5. The SMILES string of the molecule is CCC(O/N=C(/C(=O)NC1C(=O)N2C(C(=O)O)=C(CN)CS[C@H]12)c1csc(N)n1)C(=O)O. The van der Waals surface area contributed by atoms with E-state index in [1.807, 2.05) is 0 Å². The van der Waals surface area contributed by atoms with Gasteiger partial charge >= 0.3 is 11.9 Å². The first kappa shape index (κ1) is 23.5. The van der Waals surface area contributed by atoms with Crippen molar-refractivity contribution in [1.29, 1.82) is 0 Å². The fraction of sp³-hybridized carbons (Fsp3) is 0.412. The number of aliphatic carboxylic acids is 2. The largest absolute Gasteiger partial charge is 0.478 e. The van der Waals surface area contributed by atoms with Gasteiger partial charge in [-0.15, -0.1) is 23.1 Å². The monoisotopic (exact) mass is 484 g/mol. The summed E-state index contributed by atoms with van der Waals surface area (Å²) in [5.74, 6) is -3.71. The number of β-lactam (4-membered cyclic amide) rings is 1. The number of nitrogens with zero attached hydrogens (tertiary/aromatic N) is 3. The first-order chi connectivity index (χ1) is 15.2. The van der Waals surface area contributed by atoms with Crippen molar-refractivity contribution in [3.8, 4) is 0 Å². The number of carboxylic acid groups (broad SMARTS) is 2. The molecular formula is C17H20N6O7S2. The summed E-state index contributed by atoms with van der Waals surface area (Å²) in [4.78, 5) is 58.4. The average molecular weight is 485 g/mol. The molecule has 172 valence electrons. The Labute approximate surface area is 189 Å². The van der Waals surface area contributed by atoms with E-state index in [-0.39, 0.29) is 35.2 Å². The Kier molecular flexibility index (Phi) is 7.00. The van der Waals surface area contributed by atoms with E-state index in [0.717, 1.165) is 16.2 Å². The number of fused-ring (bicyclic) bond motifs is 1. The number of oxime groups is 1. The molecule has 0 saturated carbocycles. The number of carbonyl (C=O) groups is 4. The first-order valence-corrected chi connectivity index (χ1v) is 11.2. The zero-order valence-corrected chi connectivity index (χ0v) is 18.3. The average Bonchev–Trinajstić information content (AvgIpc) is 3.18. The Hall–Kier alpha value is -3.17. The second-order valence-electron chi connectivity index (χ2n) is 6.67. The van der Waals surface area contributed by atoms with Crippen LogP contribution in [-0.4, -0.2) is 79.4 Å². The van der Waals surface area contributed by atoms with Gasteiger partial charge in [0, 0.05) is 17.7 Å². The molecule has 1 aromatic heterocycles. The maximum Gasteiger partial charge on any atom is 0.352 e. The minimum absolute atomic E-state index is 0.0102. The minimum Gasteiger partial charge on any atom is -0.478 e. The molecule has 13 nitrogen and oxygen atoms in total. The standard InChI is InChI=1S/C17H20N6O7S2/c1-2-8(15(26)27)30-22-9(7-5-32-17(19)20-7)12(24)21-10-13(25)23-11(16(28)29)6(3-18)4-31-14(10)23/h5,8,10,14H,2-4,18H2,1H3,(H2,19,20)(H,21,24)(H,26,27)(H,28,29)/b22-9+/t8?,10?,14-/m1/s1. The molecule has 1 saturated heterocycles. The summed E-state index contributed by atoms with van der Waals surface area (Å²) in [5, 5.41) is 25.7. The number of hydrogen-bond acceptors (Lipinski definition) is 11. The van der Waals surface area contributed by atoms with Crippen LogP contribution < -0.4 is 16.8 Å². The van der Waals surface area contributed by atoms with Crippen molar-refractivity contribution in [3.63, 3.8) is 0 Å². The molecule has 2 amide bonds. The van der Waals surface area contributed by atoms with Gasteiger partial charge in [-0.25, -0.2) is 14.6 Å². The molecule has 3 atom stereocenters. The van der Waals surface area contributed by atoms with E-state index >= 15 is 0 Å². The Balaban J connectivity index is 1.82. The van der Waals surface area contributed by atoms with Crippen LogP contribution >= 0.6 is 23.1 Å². The molecule has 1 fully saturated rings. The molecule has 3 heterocycles. The van der Waals surface area contributed by atoms with Gasteiger partial charge in [-0.3, -0.25) is 14.5 Å². The van der Waals surface area contributed by atoms with Gasteiger partial charge in [0.1, 0.15) is 22.8 Å². The molecule has 32 heavy (non-hydrogen) atoms. The smallest absolute Gasteiger partial charge is 0.352 e. The molecule has 3 rings (SSSR count). The van der Waals surface area contributed by atoms with Crippen LogP contribution in [0.1, 0.15) is 19.0 Å². The molecule has 7 N–H and O–H groups in total. The number of thiazole rings is 1. The summed E-state index contributed by atoms with van der Waals surface area (Å²) in [6, 6.07) is -1.02. The number of anilines is 1. The third kappa shape index (κ3) is 4.39. The molecule has 0 aromatic carbocycles. The van der Waals surface area contributed by atoms with E-state index in [4.69, 9.17) is 21.4 Å². The van der Waals surface area contributed by atoms with E-state index in [2.05, 4.69) is 15.5 Å². The summed E-state index contributed by atoms with van der Waals surface area (Å²) in [6.07, 6.45) is -1.20. The number of thioether (sulfide) groups is 1. The summed E-state index contributed by atoms with van der Waals surface area (Å²) < 4.78 is 0. The van der Waals surface area contributed by atoms with Crippen molar-refractivity contribution in [2.45, 2.75) is 30.9 Å². The summed E-state index contributed by atoms with van der Waals surface area (Å²) >= 11 is 2.30. The Morgan fingerprint density at radius 1 is 1.44 bits per heavy atom. The summed E-state index contributed by atoms with van der Waals surface area (Å²) in [6.45, 7) is 1.56. The number of carbonyl (C=O) groups excluding carboxylic acids is 2. The van der Waals surface area contributed by atoms with E-state index in [9.17, 15) is 24.3 Å². The van der Waals surface area contributed by atoms with Gasteiger partial charge < -0.3 is 31.8 Å². The van der Waals surface area contributed by atoms with E-state index < -0.39 is 41.3 Å². The van der Waals surface area contributed by atoms with Crippen molar-refractivity contribution in [1.82, 2.24) is 15.2 Å². The minimum atomic E-state index is -1.29. The van der Waals surface area contributed by atoms with Gasteiger partial charge in [-0.05, 0) is 12.0 Å². The van der Waals surface area contributed by atoms with Crippen molar-refractivity contribution in [2.24, 2.45) is 10.9 Å². The van der Waals surface area contributed by atoms with Crippen LogP contribution in [0.5, 0.6) is 0 Å². The fourth-order valence-corrected chi connectivity index (χ4v) is 4.97. The second-order valence-corrected chi connectivity index (χ2v) is 8.67. The van der Waals surface area contributed by atoms with Crippen molar-refractivity contribution >= 4 is 57.7 Å². The normalized spacial score (nSPS) is 21.5. The number of amides is 2. The Morgan fingerprint density at radius 3 is 2.69 bits per heavy atom. The lowest BCUT2D eigenvalue weighted by Gasteiger charge is -2.49. The molecular weight excluding hydrogens is 464 g/mol. The third-order valence-electron chi connectivity index (χ3n) is 4.68. The maximum atomic E-state index is 12.9. The second kappa shape index (κ2) is 9.54. The summed E-state index contributed by atoms with van der Waals surface area (Å²) in [7, 11) is 0. The van der Waals surface area contributed by atoms with Gasteiger partial charge in [0.15, 0.2) is 10.8 Å². The molecule has 0 aliphatic carbocycles. The zero-order chi connectivity index (χ0) is 23.6. The lowest BCUT2D eigenvalue weighted by atomic mass is 10.0. The number of nitrogens with one attached hydrogen (secondary N) is 1. The van der Waals surface area contributed by atoms with E-state index in [1.165, 1.54) is 17.1 Å². The van der Waals surface area contributed by atoms with Crippen LogP contribution in [-0.2, 0) is 24.0 Å². The lowest BCUT2D eigenvalue weighted by Crippen LogP contribution is -2.71. The highest BCUT2D eigenvalue weighted by molar-refractivity contribution is 8.00. The highest BCUT2D eigenvalue weighted by atomic mass is 32.2. The van der Waals surface area contributed by atoms with Crippen LogP contribution in [0.4, 0.5) is 5.13 Å². The molecule has 2 aliphatic heterocycles. The number of carboxylic acids is 2.